The lowest BCUT2D eigenvalue weighted by Gasteiger charge is -2.52. The van der Waals surface area contributed by atoms with Gasteiger partial charge in [-0.25, -0.2) is 4.39 Å². The molecular formula is C21H26F4N2O2. The molecule has 0 unspecified atom stereocenters. The van der Waals surface area contributed by atoms with Crippen LogP contribution in [0.3, 0.4) is 0 Å². The van der Waals surface area contributed by atoms with E-state index in [1.807, 2.05) is 24.3 Å². The molecule has 0 aliphatic heterocycles. The molecular weight excluding hydrogens is 388 g/mol. The van der Waals surface area contributed by atoms with Crippen LogP contribution in [0.25, 0.3) is 0 Å². The average molecular weight is 414 g/mol. The van der Waals surface area contributed by atoms with Gasteiger partial charge in [-0.2, -0.15) is 13.2 Å². The molecule has 0 aromatic heterocycles. The van der Waals surface area contributed by atoms with E-state index in [0.29, 0.717) is 36.9 Å². The summed E-state index contributed by atoms with van der Waals surface area (Å²) in [5.74, 6) is 0.147. The Kier molecular flexibility index (Phi) is 6.22. The lowest BCUT2D eigenvalue weighted by atomic mass is 9.51. The molecule has 2 bridgehead atoms. The summed E-state index contributed by atoms with van der Waals surface area (Å²) in [6.07, 6.45) is 0.155. The summed E-state index contributed by atoms with van der Waals surface area (Å²) in [7, 11) is 0. The zero-order valence-corrected chi connectivity index (χ0v) is 16.2. The Bertz CT molecular complexity index is 734. The number of benzene rings is 1. The molecule has 4 nitrogen and oxygen atoms in total. The molecule has 8 heteroatoms. The molecule has 29 heavy (non-hydrogen) atoms. The minimum Gasteiger partial charge on any atom is -0.489 e. The first-order valence-corrected chi connectivity index (χ1v) is 9.79. The maximum atomic E-state index is 12.6. The van der Waals surface area contributed by atoms with Crippen molar-refractivity contribution >= 4 is 5.91 Å². The van der Waals surface area contributed by atoms with Crippen LogP contribution in [0.2, 0.25) is 0 Å². The number of halogens is 4. The lowest BCUT2D eigenvalue weighted by molar-refractivity contribution is -0.149. The van der Waals surface area contributed by atoms with Gasteiger partial charge in [0.15, 0.2) is 0 Å². The van der Waals surface area contributed by atoms with E-state index in [1.54, 1.807) is 0 Å². The average Bonchev–Trinajstić information content (AvgIpc) is 2.74. The Morgan fingerprint density at radius 2 is 1.69 bits per heavy atom. The van der Waals surface area contributed by atoms with Gasteiger partial charge in [-0.05, 0) is 61.6 Å². The van der Waals surface area contributed by atoms with Crippen molar-refractivity contribution in [3.63, 3.8) is 0 Å². The first-order chi connectivity index (χ1) is 13.7. The molecule has 1 aromatic rings. The zero-order chi connectivity index (χ0) is 21.1. The van der Waals surface area contributed by atoms with E-state index in [0.717, 1.165) is 24.8 Å². The largest absolute Gasteiger partial charge is 0.489 e. The summed E-state index contributed by atoms with van der Waals surface area (Å²) in [4.78, 5) is 12.4. The molecule has 3 aliphatic rings. The lowest BCUT2D eigenvalue weighted by Crippen LogP contribution is -2.52. The normalized spacial score (nSPS) is 27.0. The number of carbonyl (C=O) groups excluding carboxylic acids is 1. The number of fused-ring (bicyclic) bond motifs is 3. The molecule has 0 radical (unpaired) electrons. The Labute approximate surface area is 167 Å². The summed E-state index contributed by atoms with van der Waals surface area (Å²) in [5, 5.41) is 2.08. The molecule has 3 fully saturated rings. The van der Waals surface area contributed by atoms with Crippen LogP contribution in [-0.4, -0.2) is 31.8 Å². The van der Waals surface area contributed by atoms with Gasteiger partial charge in [0.05, 0.1) is 6.33 Å². The van der Waals surface area contributed by atoms with Gasteiger partial charge in [0, 0.05) is 17.5 Å². The van der Waals surface area contributed by atoms with E-state index in [9.17, 15) is 22.4 Å². The summed E-state index contributed by atoms with van der Waals surface area (Å²) >= 11 is 0. The van der Waals surface area contributed by atoms with Gasteiger partial charge in [0.25, 0.3) is 0 Å². The van der Waals surface area contributed by atoms with Crippen LogP contribution < -0.4 is 15.8 Å². The molecule has 0 saturated heterocycles. The number of nitrogens with one attached hydrogen (secondary N) is 1. The number of ether oxygens (including phenoxy) is 1. The third kappa shape index (κ3) is 4.74. The van der Waals surface area contributed by atoms with Gasteiger partial charge in [-0.15, -0.1) is 0 Å². The number of nitrogens with two attached hydrogens (primary N) is 1. The molecule has 3 saturated carbocycles. The smallest absolute Gasteiger partial charge is 0.405 e. The Morgan fingerprint density at radius 3 is 2.17 bits per heavy atom. The molecule has 160 valence electrons. The molecule has 3 N–H and O–H groups in total. The molecule has 1 amide bonds. The van der Waals surface area contributed by atoms with E-state index in [-0.39, 0.29) is 18.6 Å². The highest BCUT2D eigenvalue weighted by atomic mass is 19.4. The Morgan fingerprint density at radius 1 is 1.10 bits per heavy atom. The van der Waals surface area contributed by atoms with E-state index >= 15 is 0 Å². The van der Waals surface area contributed by atoms with Crippen molar-refractivity contribution in [2.24, 2.45) is 11.1 Å². The highest BCUT2D eigenvalue weighted by Gasteiger charge is 2.53. The van der Waals surface area contributed by atoms with E-state index < -0.39 is 24.0 Å². The van der Waals surface area contributed by atoms with Crippen molar-refractivity contribution in [3.8, 4) is 5.75 Å². The fourth-order valence-electron chi connectivity index (χ4n) is 4.54. The topological polar surface area (TPSA) is 64.3 Å². The quantitative estimate of drug-likeness (QED) is 0.659. The van der Waals surface area contributed by atoms with Crippen LogP contribution >= 0.6 is 0 Å². The number of alkyl halides is 3. The predicted octanol–water partition coefficient (Wildman–Crippen LogP) is 4.15. The van der Waals surface area contributed by atoms with E-state index in [4.69, 9.17) is 10.5 Å². The summed E-state index contributed by atoms with van der Waals surface area (Å²) in [5.41, 5.74) is 6.20. The van der Waals surface area contributed by atoms with Crippen LogP contribution in [0, 0.1) is 5.41 Å². The van der Waals surface area contributed by atoms with Crippen molar-refractivity contribution in [3.05, 3.63) is 41.7 Å². The molecule has 0 spiro atoms. The van der Waals surface area contributed by atoms with Gasteiger partial charge >= 0.3 is 6.18 Å². The summed E-state index contributed by atoms with van der Waals surface area (Å²) in [6, 6.07) is 7.64. The number of carbonyl (C=O) groups is 1. The van der Waals surface area contributed by atoms with E-state index in [1.165, 1.54) is 0 Å². The highest BCUT2D eigenvalue weighted by Crippen LogP contribution is 2.57. The monoisotopic (exact) mass is 414 g/mol. The van der Waals surface area contributed by atoms with Gasteiger partial charge < -0.3 is 15.8 Å². The van der Waals surface area contributed by atoms with Crippen molar-refractivity contribution in [1.82, 2.24) is 5.32 Å². The van der Waals surface area contributed by atoms with Crippen LogP contribution in [0.5, 0.6) is 5.75 Å². The van der Waals surface area contributed by atoms with E-state index in [2.05, 4.69) is 5.32 Å². The molecule has 1 aromatic carbocycles. The number of hydrogen-bond donors (Lipinski definition) is 2. The van der Waals surface area contributed by atoms with Crippen molar-refractivity contribution in [2.75, 3.05) is 19.7 Å². The fraction of sp³-hybridized carbons (Fsp3) is 0.571. The second-order valence-electron chi connectivity index (χ2n) is 8.14. The molecule has 4 rings (SSSR count). The number of rotatable bonds is 7. The maximum absolute atomic E-state index is 12.6. The third-order valence-electron chi connectivity index (χ3n) is 6.48. The van der Waals surface area contributed by atoms with Gasteiger partial charge in [0.2, 0.25) is 5.91 Å². The Hall–Kier alpha value is -2.09. The molecule has 3 aliphatic carbocycles. The number of amides is 1. The first kappa shape index (κ1) is 21.6. The minimum absolute atomic E-state index is 0.0498. The molecule has 0 heterocycles. The zero-order valence-electron chi connectivity index (χ0n) is 16.2. The SMILES string of the molecule is NCC(=CF)COc1ccc(C23CCC(C(=O)NCC(F)(F)F)(CC2)CC3)cc1. The van der Waals surface area contributed by atoms with Gasteiger partial charge in [0.1, 0.15) is 18.9 Å². The van der Waals surface area contributed by atoms with Crippen LogP contribution in [0.4, 0.5) is 17.6 Å². The Balaban J connectivity index is 1.61. The van der Waals surface area contributed by atoms with Crippen molar-refractivity contribution in [1.29, 1.82) is 0 Å². The first-order valence-electron chi connectivity index (χ1n) is 9.79. The van der Waals surface area contributed by atoms with Crippen LogP contribution in [0.1, 0.15) is 44.1 Å². The van der Waals surface area contributed by atoms with Crippen molar-refractivity contribution < 1.29 is 27.1 Å². The highest BCUT2D eigenvalue weighted by molar-refractivity contribution is 5.83. The maximum Gasteiger partial charge on any atom is 0.405 e. The second kappa shape index (κ2) is 8.34. The minimum atomic E-state index is -4.39. The second-order valence-corrected chi connectivity index (χ2v) is 8.14. The van der Waals surface area contributed by atoms with Crippen molar-refractivity contribution in [2.45, 2.75) is 50.1 Å². The number of hydrogen-bond acceptors (Lipinski definition) is 3. The standard InChI is InChI=1S/C21H26F4N2O2/c22-11-15(12-26)13-29-17-3-1-16(2-4-17)19-5-8-20(9-6-19,10-7-19)18(28)27-14-21(23,24)25/h1-4,11H,5-10,12-14,26H2,(H,27,28). The van der Waals surface area contributed by atoms with Gasteiger partial charge in [-0.1, -0.05) is 12.1 Å². The third-order valence-corrected chi connectivity index (χ3v) is 6.48. The van der Waals surface area contributed by atoms with Crippen LogP contribution in [0.15, 0.2) is 36.2 Å². The van der Waals surface area contributed by atoms with Gasteiger partial charge in [-0.3, -0.25) is 4.79 Å². The predicted molar refractivity (Wildman–Crippen MR) is 101 cm³/mol. The van der Waals surface area contributed by atoms with Crippen LogP contribution in [-0.2, 0) is 10.2 Å². The summed E-state index contributed by atoms with van der Waals surface area (Å²) < 4.78 is 55.4. The summed E-state index contributed by atoms with van der Waals surface area (Å²) in [6.45, 7) is -1.09. The fourth-order valence-corrected chi connectivity index (χ4v) is 4.54. The molecule has 0 atom stereocenters.